The van der Waals surface area contributed by atoms with Crippen molar-refractivity contribution in [1.82, 2.24) is 0 Å². The van der Waals surface area contributed by atoms with Crippen molar-refractivity contribution in [3.8, 4) is 11.5 Å². The van der Waals surface area contributed by atoms with Gasteiger partial charge in [0.25, 0.3) is 0 Å². The van der Waals surface area contributed by atoms with Crippen LogP contribution >= 0.6 is 0 Å². The summed E-state index contributed by atoms with van der Waals surface area (Å²) in [5.74, 6) is 2.35. The average Bonchev–Trinajstić information content (AvgIpc) is 2.27. The molecule has 3 N–H and O–H groups in total. The van der Waals surface area contributed by atoms with E-state index in [4.69, 9.17) is 15.2 Å². The lowest BCUT2D eigenvalue weighted by Crippen LogP contribution is -2.21. The zero-order valence-corrected chi connectivity index (χ0v) is 9.87. The minimum Gasteiger partial charge on any atom is -0.486 e. The average molecular weight is 234 g/mol. The summed E-state index contributed by atoms with van der Waals surface area (Å²) in [7, 11) is 0. The quantitative estimate of drug-likeness (QED) is 0.788. The highest BCUT2D eigenvalue weighted by atomic mass is 16.6. The van der Waals surface area contributed by atoms with Gasteiger partial charge in [-0.3, -0.25) is 0 Å². The van der Waals surface area contributed by atoms with Gasteiger partial charge in [-0.2, -0.15) is 0 Å². The van der Waals surface area contributed by atoms with Crippen LogP contribution in [0.1, 0.15) is 19.3 Å². The van der Waals surface area contributed by atoms with E-state index in [1.165, 1.54) is 19.3 Å². The summed E-state index contributed by atoms with van der Waals surface area (Å²) in [5, 5.41) is 3.40. The first-order valence-electron chi connectivity index (χ1n) is 6.26. The van der Waals surface area contributed by atoms with Gasteiger partial charge in [0.15, 0.2) is 11.5 Å². The minimum absolute atomic E-state index is 0.599. The Hall–Kier alpha value is -1.58. The first kappa shape index (κ1) is 10.6. The normalized spacial score (nSPS) is 18.6. The van der Waals surface area contributed by atoms with Crippen molar-refractivity contribution in [1.29, 1.82) is 0 Å². The van der Waals surface area contributed by atoms with E-state index in [-0.39, 0.29) is 0 Å². The summed E-state index contributed by atoms with van der Waals surface area (Å²) in [6, 6.07) is 3.79. The molecule has 1 fully saturated rings. The van der Waals surface area contributed by atoms with Crippen LogP contribution in [0, 0.1) is 5.92 Å². The molecule has 0 radical (unpaired) electrons. The molecule has 3 rings (SSSR count). The molecule has 0 aromatic heterocycles. The summed E-state index contributed by atoms with van der Waals surface area (Å²) in [6.07, 6.45) is 4.03. The molecule has 0 spiro atoms. The van der Waals surface area contributed by atoms with Crippen molar-refractivity contribution < 1.29 is 9.47 Å². The molecule has 1 aliphatic heterocycles. The molecular weight excluding hydrogens is 216 g/mol. The van der Waals surface area contributed by atoms with Crippen LogP contribution in [0.5, 0.6) is 11.5 Å². The summed E-state index contributed by atoms with van der Waals surface area (Å²) in [4.78, 5) is 0. The van der Waals surface area contributed by atoms with E-state index in [1.807, 2.05) is 12.1 Å². The number of hydrogen-bond acceptors (Lipinski definition) is 4. The summed E-state index contributed by atoms with van der Waals surface area (Å²) in [5.41, 5.74) is 7.68. The third-order valence-corrected chi connectivity index (χ3v) is 3.52. The number of fused-ring (bicyclic) bond motifs is 1. The molecule has 1 aromatic rings. The van der Waals surface area contributed by atoms with Crippen molar-refractivity contribution in [3.63, 3.8) is 0 Å². The van der Waals surface area contributed by atoms with Gasteiger partial charge in [0.2, 0.25) is 0 Å². The number of benzene rings is 1. The molecule has 1 saturated carbocycles. The maximum atomic E-state index is 5.99. The van der Waals surface area contributed by atoms with E-state index in [0.717, 1.165) is 35.3 Å². The smallest absolute Gasteiger partial charge is 0.163 e. The van der Waals surface area contributed by atoms with Crippen LogP contribution in [0.3, 0.4) is 0 Å². The molecule has 17 heavy (non-hydrogen) atoms. The largest absolute Gasteiger partial charge is 0.486 e. The lowest BCUT2D eigenvalue weighted by Gasteiger charge is -2.27. The Balaban J connectivity index is 1.73. The van der Waals surface area contributed by atoms with Gasteiger partial charge in [-0.15, -0.1) is 0 Å². The monoisotopic (exact) mass is 234 g/mol. The lowest BCUT2D eigenvalue weighted by molar-refractivity contribution is 0.172. The van der Waals surface area contributed by atoms with Crippen LogP contribution < -0.4 is 20.5 Å². The van der Waals surface area contributed by atoms with Gasteiger partial charge in [-0.1, -0.05) is 6.42 Å². The molecular formula is C13H18N2O2. The lowest BCUT2D eigenvalue weighted by atomic mass is 9.85. The Labute approximate surface area is 101 Å². The topological polar surface area (TPSA) is 56.5 Å². The second kappa shape index (κ2) is 4.35. The van der Waals surface area contributed by atoms with Crippen LogP contribution in [-0.4, -0.2) is 19.8 Å². The number of ether oxygens (including phenoxy) is 2. The van der Waals surface area contributed by atoms with Crippen molar-refractivity contribution in [2.45, 2.75) is 19.3 Å². The van der Waals surface area contributed by atoms with E-state index >= 15 is 0 Å². The first-order chi connectivity index (χ1) is 8.33. The number of nitrogen functional groups attached to an aromatic ring is 1. The van der Waals surface area contributed by atoms with Gasteiger partial charge in [0.05, 0.1) is 11.4 Å². The SMILES string of the molecule is Nc1cc2c(cc1NCC1CCC1)OCCO2. The van der Waals surface area contributed by atoms with Crippen LogP contribution in [0.2, 0.25) is 0 Å². The predicted molar refractivity (Wildman–Crippen MR) is 67.7 cm³/mol. The standard InChI is InChI=1S/C13H18N2O2/c14-10-6-12-13(17-5-4-16-12)7-11(10)15-8-9-2-1-3-9/h6-7,9,15H,1-5,8,14H2. The van der Waals surface area contributed by atoms with Crippen LogP contribution in [0.25, 0.3) is 0 Å². The van der Waals surface area contributed by atoms with Gasteiger partial charge >= 0.3 is 0 Å². The molecule has 1 aliphatic carbocycles. The zero-order valence-electron chi connectivity index (χ0n) is 9.87. The second-order valence-corrected chi connectivity index (χ2v) is 4.76. The Morgan fingerprint density at radius 1 is 1.18 bits per heavy atom. The fourth-order valence-electron chi connectivity index (χ4n) is 2.21. The summed E-state index contributed by atoms with van der Waals surface area (Å²) < 4.78 is 11.0. The van der Waals surface area contributed by atoms with Crippen molar-refractivity contribution in [2.75, 3.05) is 30.8 Å². The summed E-state index contributed by atoms with van der Waals surface area (Å²) >= 11 is 0. The molecule has 0 atom stereocenters. The molecule has 0 amide bonds. The van der Waals surface area contributed by atoms with E-state index in [0.29, 0.717) is 13.2 Å². The predicted octanol–water partition coefficient (Wildman–Crippen LogP) is 2.25. The third-order valence-electron chi connectivity index (χ3n) is 3.52. The molecule has 4 nitrogen and oxygen atoms in total. The maximum absolute atomic E-state index is 5.99. The zero-order chi connectivity index (χ0) is 11.7. The minimum atomic E-state index is 0.599. The second-order valence-electron chi connectivity index (χ2n) is 4.76. The molecule has 1 aromatic carbocycles. The maximum Gasteiger partial charge on any atom is 0.163 e. The number of rotatable bonds is 3. The Kier molecular flexibility index (Phi) is 2.71. The van der Waals surface area contributed by atoms with Gasteiger partial charge in [0, 0.05) is 18.7 Å². The first-order valence-corrected chi connectivity index (χ1v) is 6.26. The third kappa shape index (κ3) is 2.12. The Morgan fingerprint density at radius 2 is 1.88 bits per heavy atom. The van der Waals surface area contributed by atoms with Gasteiger partial charge in [-0.05, 0) is 18.8 Å². The van der Waals surface area contributed by atoms with Crippen LogP contribution in [0.4, 0.5) is 11.4 Å². The molecule has 4 heteroatoms. The molecule has 92 valence electrons. The Bertz CT molecular complexity index is 416. The van der Waals surface area contributed by atoms with E-state index < -0.39 is 0 Å². The van der Waals surface area contributed by atoms with Crippen molar-refractivity contribution in [3.05, 3.63) is 12.1 Å². The Morgan fingerprint density at radius 3 is 2.53 bits per heavy atom. The van der Waals surface area contributed by atoms with Crippen LogP contribution in [-0.2, 0) is 0 Å². The number of hydrogen-bond donors (Lipinski definition) is 2. The molecule has 2 aliphatic rings. The molecule has 0 bridgehead atoms. The van der Waals surface area contributed by atoms with E-state index in [2.05, 4.69) is 5.32 Å². The van der Waals surface area contributed by atoms with E-state index in [1.54, 1.807) is 0 Å². The van der Waals surface area contributed by atoms with Crippen LogP contribution in [0.15, 0.2) is 12.1 Å². The highest BCUT2D eigenvalue weighted by molar-refractivity contribution is 5.72. The van der Waals surface area contributed by atoms with Gasteiger partial charge in [-0.25, -0.2) is 0 Å². The summed E-state index contributed by atoms with van der Waals surface area (Å²) in [6.45, 7) is 2.21. The number of nitrogens with one attached hydrogen (secondary N) is 1. The highest BCUT2D eigenvalue weighted by Crippen LogP contribution is 2.37. The fraction of sp³-hybridized carbons (Fsp3) is 0.538. The fourth-order valence-corrected chi connectivity index (χ4v) is 2.21. The number of anilines is 2. The van der Waals surface area contributed by atoms with Gasteiger partial charge < -0.3 is 20.5 Å². The molecule has 1 heterocycles. The van der Waals surface area contributed by atoms with Crippen molar-refractivity contribution in [2.24, 2.45) is 5.92 Å². The number of nitrogens with two attached hydrogens (primary N) is 1. The van der Waals surface area contributed by atoms with E-state index in [9.17, 15) is 0 Å². The highest BCUT2D eigenvalue weighted by Gasteiger charge is 2.18. The molecule has 0 unspecified atom stereocenters. The van der Waals surface area contributed by atoms with Crippen molar-refractivity contribution >= 4 is 11.4 Å². The molecule has 0 saturated heterocycles. The van der Waals surface area contributed by atoms with Gasteiger partial charge in [0.1, 0.15) is 13.2 Å².